The summed E-state index contributed by atoms with van der Waals surface area (Å²) in [7, 11) is 0. The van der Waals surface area contributed by atoms with Crippen LogP contribution in [-0.2, 0) is 11.3 Å². The highest BCUT2D eigenvalue weighted by Crippen LogP contribution is 2.38. The second-order valence-corrected chi connectivity index (χ2v) is 5.45. The molecule has 0 radical (unpaired) electrons. The fraction of sp³-hybridized carbons (Fsp3) is 0.500. The van der Waals surface area contributed by atoms with E-state index in [9.17, 15) is 9.18 Å². The van der Waals surface area contributed by atoms with E-state index in [1.54, 1.807) is 12.1 Å². The summed E-state index contributed by atoms with van der Waals surface area (Å²) < 4.78 is 12.9. The molecule has 2 fully saturated rings. The van der Waals surface area contributed by atoms with Gasteiger partial charge in [0.15, 0.2) is 0 Å². The molecule has 0 bridgehead atoms. The zero-order chi connectivity index (χ0) is 12.8. The molecule has 1 amide bonds. The molecule has 0 aliphatic heterocycles. The average molecular weight is 248 g/mol. The lowest BCUT2D eigenvalue weighted by molar-refractivity contribution is -0.134. The Morgan fingerprint density at radius 3 is 2.44 bits per heavy atom. The van der Waals surface area contributed by atoms with Gasteiger partial charge in [0, 0.05) is 12.6 Å². The third-order valence-corrected chi connectivity index (χ3v) is 3.73. The molecule has 96 valence electrons. The topological polar surface area (TPSA) is 46.3 Å². The Morgan fingerprint density at radius 2 is 1.94 bits per heavy atom. The van der Waals surface area contributed by atoms with E-state index in [1.807, 2.05) is 4.90 Å². The van der Waals surface area contributed by atoms with Gasteiger partial charge in [-0.05, 0) is 43.4 Å². The third kappa shape index (κ3) is 2.25. The number of hydrogen-bond acceptors (Lipinski definition) is 2. The van der Waals surface area contributed by atoms with Crippen molar-refractivity contribution < 1.29 is 9.18 Å². The molecule has 0 heterocycles. The van der Waals surface area contributed by atoms with Crippen molar-refractivity contribution >= 4 is 5.91 Å². The molecule has 4 heteroatoms. The minimum Gasteiger partial charge on any atom is -0.334 e. The number of carbonyl (C=O) groups is 1. The summed E-state index contributed by atoms with van der Waals surface area (Å²) in [5.41, 5.74) is 6.33. The lowest BCUT2D eigenvalue weighted by Gasteiger charge is -2.25. The summed E-state index contributed by atoms with van der Waals surface area (Å²) in [6.07, 6.45) is 3.70. The maximum Gasteiger partial charge on any atom is 0.243 e. The van der Waals surface area contributed by atoms with Gasteiger partial charge in [-0.3, -0.25) is 4.79 Å². The van der Waals surface area contributed by atoms with E-state index in [0.29, 0.717) is 12.6 Å². The van der Waals surface area contributed by atoms with E-state index < -0.39 is 5.54 Å². The Bertz CT molecular complexity index is 463. The van der Waals surface area contributed by atoms with Gasteiger partial charge in [-0.1, -0.05) is 12.1 Å². The van der Waals surface area contributed by atoms with Gasteiger partial charge < -0.3 is 10.6 Å². The van der Waals surface area contributed by atoms with Crippen LogP contribution in [-0.4, -0.2) is 22.4 Å². The number of carbonyl (C=O) groups excluding carboxylic acids is 1. The number of nitrogens with zero attached hydrogens (tertiary/aromatic N) is 1. The van der Waals surface area contributed by atoms with Crippen molar-refractivity contribution in [1.82, 2.24) is 4.90 Å². The summed E-state index contributed by atoms with van der Waals surface area (Å²) in [6.45, 7) is 0.544. The van der Waals surface area contributed by atoms with Gasteiger partial charge >= 0.3 is 0 Å². The fourth-order valence-corrected chi connectivity index (χ4v) is 2.17. The van der Waals surface area contributed by atoms with E-state index in [-0.39, 0.29) is 11.7 Å². The monoisotopic (exact) mass is 248 g/mol. The van der Waals surface area contributed by atoms with Crippen molar-refractivity contribution in [2.45, 2.75) is 43.8 Å². The maximum absolute atomic E-state index is 12.9. The van der Waals surface area contributed by atoms with Crippen LogP contribution in [0.3, 0.4) is 0 Å². The predicted molar refractivity (Wildman–Crippen MR) is 66.1 cm³/mol. The van der Waals surface area contributed by atoms with Crippen LogP contribution >= 0.6 is 0 Å². The van der Waals surface area contributed by atoms with Gasteiger partial charge in [-0.15, -0.1) is 0 Å². The summed E-state index contributed by atoms with van der Waals surface area (Å²) in [5.74, 6) is -0.185. The number of amides is 1. The molecule has 1 aromatic rings. The first-order valence-electron chi connectivity index (χ1n) is 6.43. The van der Waals surface area contributed by atoms with Gasteiger partial charge in [0.1, 0.15) is 5.82 Å². The van der Waals surface area contributed by atoms with Crippen molar-refractivity contribution in [3.63, 3.8) is 0 Å². The first kappa shape index (κ1) is 11.7. The number of hydrogen-bond donors (Lipinski definition) is 1. The van der Waals surface area contributed by atoms with E-state index in [0.717, 1.165) is 31.2 Å². The SMILES string of the molecule is NC1(C(=O)N(Cc2ccc(F)cc2)C2CC2)CC1. The maximum atomic E-state index is 12.9. The van der Waals surface area contributed by atoms with Crippen molar-refractivity contribution in [2.75, 3.05) is 0 Å². The number of rotatable bonds is 4. The molecule has 18 heavy (non-hydrogen) atoms. The normalized spacial score (nSPS) is 20.6. The largest absolute Gasteiger partial charge is 0.334 e. The molecule has 2 aliphatic rings. The highest BCUT2D eigenvalue weighted by Gasteiger charge is 2.50. The van der Waals surface area contributed by atoms with Crippen molar-refractivity contribution in [1.29, 1.82) is 0 Å². The molecular formula is C14H17FN2O. The highest BCUT2D eigenvalue weighted by molar-refractivity contribution is 5.89. The second-order valence-electron chi connectivity index (χ2n) is 5.45. The molecule has 0 atom stereocenters. The molecule has 0 unspecified atom stereocenters. The lowest BCUT2D eigenvalue weighted by atomic mass is 10.1. The molecule has 0 saturated heterocycles. The van der Waals surface area contributed by atoms with Crippen LogP contribution in [0.15, 0.2) is 24.3 Å². The first-order valence-corrected chi connectivity index (χ1v) is 6.43. The molecule has 0 aromatic heterocycles. The summed E-state index contributed by atoms with van der Waals surface area (Å²) in [5, 5.41) is 0. The standard InChI is InChI=1S/C14H17FN2O/c15-11-3-1-10(2-4-11)9-17(12-5-6-12)13(18)14(16)7-8-14/h1-4,12H,5-9,16H2. The number of halogens is 1. The van der Waals surface area contributed by atoms with Crippen LogP contribution in [0, 0.1) is 5.82 Å². The molecule has 1 aromatic carbocycles. The van der Waals surface area contributed by atoms with E-state index >= 15 is 0 Å². The molecule has 0 spiro atoms. The molecular weight excluding hydrogens is 231 g/mol. The summed E-state index contributed by atoms with van der Waals surface area (Å²) in [6, 6.07) is 6.66. The van der Waals surface area contributed by atoms with Gasteiger partial charge in [0.25, 0.3) is 0 Å². The van der Waals surface area contributed by atoms with Crippen LogP contribution in [0.25, 0.3) is 0 Å². The summed E-state index contributed by atoms with van der Waals surface area (Å²) >= 11 is 0. The van der Waals surface area contributed by atoms with E-state index in [4.69, 9.17) is 5.73 Å². The highest BCUT2D eigenvalue weighted by atomic mass is 19.1. The van der Waals surface area contributed by atoms with Crippen molar-refractivity contribution in [3.8, 4) is 0 Å². The molecule has 2 saturated carbocycles. The zero-order valence-electron chi connectivity index (χ0n) is 10.2. The number of benzene rings is 1. The van der Waals surface area contributed by atoms with E-state index in [2.05, 4.69) is 0 Å². The Hall–Kier alpha value is -1.42. The number of nitrogens with two attached hydrogens (primary N) is 1. The van der Waals surface area contributed by atoms with Crippen LogP contribution in [0.5, 0.6) is 0 Å². The van der Waals surface area contributed by atoms with Crippen LogP contribution < -0.4 is 5.73 Å². The molecule has 3 nitrogen and oxygen atoms in total. The quantitative estimate of drug-likeness (QED) is 0.883. The van der Waals surface area contributed by atoms with Crippen LogP contribution in [0.2, 0.25) is 0 Å². The average Bonchev–Trinajstić information content (AvgIpc) is 3.24. The van der Waals surface area contributed by atoms with Gasteiger partial charge in [0.2, 0.25) is 5.91 Å². The Balaban J connectivity index is 1.74. The fourth-order valence-electron chi connectivity index (χ4n) is 2.17. The van der Waals surface area contributed by atoms with Crippen LogP contribution in [0.4, 0.5) is 4.39 Å². The van der Waals surface area contributed by atoms with Gasteiger partial charge in [-0.2, -0.15) is 0 Å². The third-order valence-electron chi connectivity index (χ3n) is 3.73. The molecule has 2 N–H and O–H groups in total. The Morgan fingerprint density at radius 1 is 1.33 bits per heavy atom. The second kappa shape index (κ2) is 4.05. The van der Waals surface area contributed by atoms with Gasteiger partial charge in [0.05, 0.1) is 5.54 Å². The van der Waals surface area contributed by atoms with Crippen molar-refractivity contribution in [3.05, 3.63) is 35.6 Å². The lowest BCUT2D eigenvalue weighted by Crippen LogP contribution is -2.46. The smallest absolute Gasteiger partial charge is 0.243 e. The predicted octanol–water partition coefficient (Wildman–Crippen LogP) is 1.81. The van der Waals surface area contributed by atoms with Crippen LogP contribution in [0.1, 0.15) is 31.2 Å². The Labute approximate surface area is 106 Å². The minimum atomic E-state index is -0.609. The van der Waals surface area contributed by atoms with E-state index in [1.165, 1.54) is 12.1 Å². The first-order chi connectivity index (χ1) is 8.58. The summed E-state index contributed by atoms with van der Waals surface area (Å²) in [4.78, 5) is 14.2. The molecule has 3 rings (SSSR count). The molecule has 2 aliphatic carbocycles. The van der Waals surface area contributed by atoms with Crippen molar-refractivity contribution in [2.24, 2.45) is 5.73 Å². The minimum absolute atomic E-state index is 0.0642. The Kier molecular flexibility index (Phi) is 2.63. The van der Waals surface area contributed by atoms with Gasteiger partial charge in [-0.25, -0.2) is 4.39 Å². The zero-order valence-corrected chi connectivity index (χ0v) is 10.2.